The van der Waals surface area contributed by atoms with Crippen molar-refractivity contribution in [2.24, 2.45) is 0 Å². The first-order valence-electron chi connectivity index (χ1n) is 8.61. The summed E-state index contributed by atoms with van der Waals surface area (Å²) in [5.41, 5.74) is 3.39. The molecule has 0 fully saturated rings. The topological polar surface area (TPSA) is 67.1 Å². The average molecular weight is 364 g/mol. The van der Waals surface area contributed by atoms with Gasteiger partial charge in [0.15, 0.2) is 5.65 Å². The highest BCUT2D eigenvalue weighted by Crippen LogP contribution is 2.20. The number of pyridine rings is 1. The zero-order valence-electron chi connectivity index (χ0n) is 14.6. The quantitative estimate of drug-likeness (QED) is 0.631. The van der Waals surface area contributed by atoms with Gasteiger partial charge in [-0.1, -0.05) is 32.9 Å². The van der Waals surface area contributed by atoms with Gasteiger partial charge in [0, 0.05) is 36.9 Å². The van der Waals surface area contributed by atoms with Crippen molar-refractivity contribution in [1.82, 2.24) is 19.6 Å². The molecule has 7 heteroatoms. The number of fused-ring (bicyclic) bond motifs is 1. The van der Waals surface area contributed by atoms with Gasteiger partial charge in [-0.25, -0.2) is 4.98 Å². The molecule has 1 atom stereocenters. The van der Waals surface area contributed by atoms with E-state index < -0.39 is 0 Å². The van der Waals surface area contributed by atoms with Crippen molar-refractivity contribution in [1.29, 1.82) is 0 Å². The summed E-state index contributed by atoms with van der Waals surface area (Å²) in [6.07, 6.45) is 13.0. The van der Waals surface area contributed by atoms with E-state index in [0.29, 0.717) is 15.1 Å². The van der Waals surface area contributed by atoms with Gasteiger partial charge in [0.05, 0.1) is 6.20 Å². The minimum absolute atomic E-state index is 0.651. The third kappa shape index (κ3) is 3.60. The molecule has 26 heavy (non-hydrogen) atoms. The first-order chi connectivity index (χ1) is 12.8. The Labute approximate surface area is 154 Å². The van der Waals surface area contributed by atoms with E-state index in [1.54, 1.807) is 6.20 Å². The molecule has 0 bridgehead atoms. The van der Waals surface area contributed by atoms with Crippen LogP contribution in [0.1, 0.15) is 12.0 Å². The van der Waals surface area contributed by atoms with E-state index in [-0.39, 0.29) is 0 Å². The van der Waals surface area contributed by atoms with Crippen molar-refractivity contribution in [2.75, 3.05) is 23.8 Å². The van der Waals surface area contributed by atoms with Crippen LogP contribution in [0.15, 0.2) is 60.6 Å². The standard InChI is InChI=1S/C19H21N6P/c1-26-16-13-23-25-18(22-12-15-7-4-8-20-10-15)9-17(24-19(16)25)21-11-14-5-2-3-6-14/h2-5,7-10,13,22,26H,6,11-12H2,1H3,(H,21,24). The van der Waals surface area contributed by atoms with E-state index in [2.05, 4.69) is 51.7 Å². The molecule has 0 aromatic carbocycles. The lowest BCUT2D eigenvalue weighted by Crippen LogP contribution is -2.11. The Morgan fingerprint density at radius 1 is 1.23 bits per heavy atom. The van der Waals surface area contributed by atoms with Gasteiger partial charge in [-0.05, 0) is 30.3 Å². The van der Waals surface area contributed by atoms with Crippen molar-refractivity contribution in [3.63, 3.8) is 0 Å². The van der Waals surface area contributed by atoms with Crippen molar-refractivity contribution in [3.8, 4) is 0 Å². The Kier molecular flexibility index (Phi) is 4.93. The number of allylic oxidation sites excluding steroid dienone is 3. The second-order valence-corrected chi connectivity index (χ2v) is 7.13. The van der Waals surface area contributed by atoms with Gasteiger partial charge in [-0.3, -0.25) is 4.98 Å². The molecule has 1 aliphatic carbocycles. The average Bonchev–Trinajstić information content (AvgIpc) is 3.34. The van der Waals surface area contributed by atoms with E-state index in [4.69, 9.17) is 4.98 Å². The molecule has 132 valence electrons. The summed E-state index contributed by atoms with van der Waals surface area (Å²) >= 11 is 0. The molecule has 0 saturated carbocycles. The van der Waals surface area contributed by atoms with Crippen LogP contribution in [-0.2, 0) is 6.54 Å². The highest BCUT2D eigenvalue weighted by Gasteiger charge is 2.11. The largest absolute Gasteiger partial charge is 0.366 e. The zero-order valence-corrected chi connectivity index (χ0v) is 15.6. The van der Waals surface area contributed by atoms with Gasteiger partial charge in [-0.15, -0.1) is 0 Å². The van der Waals surface area contributed by atoms with E-state index in [9.17, 15) is 0 Å². The molecule has 6 nitrogen and oxygen atoms in total. The Morgan fingerprint density at radius 2 is 2.19 bits per heavy atom. The normalized spacial score (nSPS) is 13.7. The summed E-state index contributed by atoms with van der Waals surface area (Å²) in [4.78, 5) is 8.95. The maximum atomic E-state index is 4.78. The molecule has 0 aliphatic heterocycles. The van der Waals surface area contributed by atoms with E-state index in [1.165, 1.54) is 10.9 Å². The Morgan fingerprint density at radius 3 is 2.96 bits per heavy atom. The fourth-order valence-corrected chi connectivity index (χ4v) is 3.45. The highest BCUT2D eigenvalue weighted by atomic mass is 31.1. The number of anilines is 2. The van der Waals surface area contributed by atoms with Gasteiger partial charge in [0.25, 0.3) is 0 Å². The number of rotatable bonds is 7. The second-order valence-electron chi connectivity index (χ2n) is 6.10. The molecule has 0 spiro atoms. The van der Waals surface area contributed by atoms with Crippen molar-refractivity contribution < 1.29 is 0 Å². The smallest absolute Gasteiger partial charge is 0.167 e. The van der Waals surface area contributed by atoms with Gasteiger partial charge < -0.3 is 10.6 Å². The zero-order chi connectivity index (χ0) is 17.8. The summed E-state index contributed by atoms with van der Waals surface area (Å²) < 4.78 is 1.88. The Bertz CT molecular complexity index is 961. The van der Waals surface area contributed by atoms with Gasteiger partial charge >= 0.3 is 0 Å². The summed E-state index contributed by atoms with van der Waals surface area (Å²) in [6.45, 7) is 3.64. The molecular weight excluding hydrogens is 343 g/mol. The highest BCUT2D eigenvalue weighted by molar-refractivity contribution is 7.46. The molecule has 3 aromatic heterocycles. The summed E-state index contributed by atoms with van der Waals surface area (Å²) in [6, 6.07) is 6.01. The fourth-order valence-electron chi connectivity index (χ4n) is 2.88. The maximum Gasteiger partial charge on any atom is 0.167 e. The molecule has 3 aromatic rings. The van der Waals surface area contributed by atoms with Crippen LogP contribution in [0.3, 0.4) is 0 Å². The maximum absolute atomic E-state index is 4.78. The third-order valence-electron chi connectivity index (χ3n) is 4.28. The van der Waals surface area contributed by atoms with Crippen LogP contribution in [0.5, 0.6) is 0 Å². The van der Waals surface area contributed by atoms with E-state index in [0.717, 1.165) is 35.8 Å². The molecule has 2 N–H and O–H groups in total. The fraction of sp³-hybridized carbons (Fsp3) is 0.211. The minimum atomic E-state index is 0.651. The van der Waals surface area contributed by atoms with Crippen LogP contribution in [0.25, 0.3) is 5.65 Å². The summed E-state index contributed by atoms with van der Waals surface area (Å²) in [5.74, 6) is 1.78. The van der Waals surface area contributed by atoms with Crippen LogP contribution in [0, 0.1) is 0 Å². The number of aromatic nitrogens is 4. The lowest BCUT2D eigenvalue weighted by atomic mass is 10.2. The van der Waals surface area contributed by atoms with Crippen molar-refractivity contribution in [2.45, 2.75) is 13.0 Å². The SMILES string of the molecule is CPc1cnn2c(NCc3cccnc3)cc(NCC3=CC=CC3)nc12. The molecular formula is C19H21N6P. The molecule has 3 heterocycles. The van der Waals surface area contributed by atoms with Crippen LogP contribution in [0.4, 0.5) is 11.6 Å². The first kappa shape index (κ1) is 16.7. The second kappa shape index (κ2) is 7.67. The van der Waals surface area contributed by atoms with Crippen molar-refractivity contribution in [3.05, 3.63) is 66.2 Å². The molecule has 1 aliphatic rings. The van der Waals surface area contributed by atoms with Gasteiger partial charge in [0.2, 0.25) is 0 Å². The number of hydrogen-bond acceptors (Lipinski definition) is 5. The lowest BCUT2D eigenvalue weighted by Gasteiger charge is -2.12. The van der Waals surface area contributed by atoms with E-state index in [1.807, 2.05) is 29.0 Å². The number of hydrogen-bond donors (Lipinski definition) is 2. The number of nitrogens with one attached hydrogen (secondary N) is 2. The summed E-state index contributed by atoms with van der Waals surface area (Å²) in [7, 11) is 0.651. The van der Waals surface area contributed by atoms with Crippen LogP contribution >= 0.6 is 8.58 Å². The monoisotopic (exact) mass is 364 g/mol. The number of nitrogens with zero attached hydrogens (tertiary/aromatic N) is 4. The molecule has 0 radical (unpaired) electrons. The minimum Gasteiger partial charge on any atom is -0.366 e. The molecule has 0 amide bonds. The van der Waals surface area contributed by atoms with Crippen LogP contribution < -0.4 is 15.9 Å². The van der Waals surface area contributed by atoms with Gasteiger partial charge in [0.1, 0.15) is 11.6 Å². The third-order valence-corrected chi connectivity index (χ3v) is 5.17. The Hall–Kier alpha value is -2.72. The van der Waals surface area contributed by atoms with Crippen LogP contribution in [0.2, 0.25) is 0 Å². The molecule has 0 saturated heterocycles. The van der Waals surface area contributed by atoms with Crippen molar-refractivity contribution >= 4 is 31.2 Å². The lowest BCUT2D eigenvalue weighted by molar-refractivity contribution is 0.923. The van der Waals surface area contributed by atoms with Gasteiger partial charge in [-0.2, -0.15) is 9.61 Å². The Balaban J connectivity index is 1.60. The predicted molar refractivity (Wildman–Crippen MR) is 109 cm³/mol. The predicted octanol–water partition coefficient (Wildman–Crippen LogP) is 2.97. The first-order valence-corrected chi connectivity index (χ1v) is 10.1. The van der Waals surface area contributed by atoms with E-state index >= 15 is 0 Å². The van der Waals surface area contributed by atoms with Crippen LogP contribution in [-0.4, -0.2) is 32.8 Å². The summed E-state index contributed by atoms with van der Waals surface area (Å²) in [5, 5.41) is 12.6. The molecule has 1 unspecified atom stereocenters. The molecule has 4 rings (SSSR count).